The lowest BCUT2D eigenvalue weighted by Gasteiger charge is -2.27. The number of rotatable bonds is 3. The lowest BCUT2D eigenvalue weighted by Crippen LogP contribution is -2.18. The van der Waals surface area contributed by atoms with Gasteiger partial charge in [0.25, 0.3) is 0 Å². The maximum atomic E-state index is 5.61. The third kappa shape index (κ3) is 3.07. The van der Waals surface area contributed by atoms with E-state index in [9.17, 15) is 0 Å². The molecule has 1 aromatic rings. The van der Waals surface area contributed by atoms with Crippen LogP contribution in [0.4, 0.5) is 0 Å². The van der Waals surface area contributed by atoms with Gasteiger partial charge in [-0.25, -0.2) is 0 Å². The third-order valence-corrected chi connectivity index (χ3v) is 3.64. The van der Waals surface area contributed by atoms with Crippen LogP contribution >= 0.6 is 0 Å². The van der Waals surface area contributed by atoms with Crippen molar-refractivity contribution in [1.82, 2.24) is 0 Å². The van der Waals surface area contributed by atoms with Crippen LogP contribution in [0.15, 0.2) is 12.1 Å². The molecule has 0 N–H and O–H groups in total. The van der Waals surface area contributed by atoms with Crippen molar-refractivity contribution < 1.29 is 4.74 Å². The molecule has 0 unspecified atom stereocenters. The minimum atomic E-state index is 0.288. The molecule has 18 heavy (non-hydrogen) atoms. The van der Waals surface area contributed by atoms with Gasteiger partial charge >= 0.3 is 0 Å². The highest BCUT2D eigenvalue weighted by molar-refractivity contribution is 5.46. The van der Waals surface area contributed by atoms with Gasteiger partial charge in [0.2, 0.25) is 0 Å². The minimum Gasteiger partial charge on any atom is -0.493 e. The molecule has 2 rings (SSSR count). The Balaban J connectivity index is 0.000000771. The maximum absolute atomic E-state index is 5.61. The highest BCUT2D eigenvalue weighted by atomic mass is 16.5. The number of benzene rings is 1. The second-order valence-corrected chi connectivity index (χ2v) is 5.51. The summed E-state index contributed by atoms with van der Waals surface area (Å²) >= 11 is 0. The molecule has 102 valence electrons. The van der Waals surface area contributed by atoms with Crippen LogP contribution in [0.25, 0.3) is 0 Å². The van der Waals surface area contributed by atoms with E-state index in [1.807, 2.05) is 13.8 Å². The number of hydrogen-bond donors (Lipinski definition) is 0. The Hall–Kier alpha value is -0.980. The molecule has 1 aromatic carbocycles. The van der Waals surface area contributed by atoms with Crippen LogP contribution in [0.2, 0.25) is 0 Å². The average molecular weight is 248 g/mol. The zero-order chi connectivity index (χ0) is 13.8. The van der Waals surface area contributed by atoms with Crippen LogP contribution in [0.1, 0.15) is 64.2 Å². The van der Waals surface area contributed by atoms with Crippen LogP contribution in [0, 0.1) is 6.92 Å². The van der Waals surface area contributed by atoms with Gasteiger partial charge < -0.3 is 4.74 Å². The van der Waals surface area contributed by atoms with Crippen molar-refractivity contribution in [3.63, 3.8) is 0 Å². The van der Waals surface area contributed by atoms with E-state index >= 15 is 0 Å². The second kappa shape index (κ2) is 6.26. The summed E-state index contributed by atoms with van der Waals surface area (Å²) in [6.45, 7) is 14.0. The van der Waals surface area contributed by atoms with Crippen molar-refractivity contribution in [3.8, 4) is 5.75 Å². The Bertz CT molecular complexity index is 391. The molecule has 1 nitrogen and oxygen atoms in total. The average Bonchev–Trinajstić information content (AvgIpc) is 2.77. The molecule has 0 saturated carbocycles. The topological polar surface area (TPSA) is 9.23 Å². The Morgan fingerprint density at radius 2 is 1.89 bits per heavy atom. The van der Waals surface area contributed by atoms with Gasteiger partial charge in [-0.2, -0.15) is 0 Å². The molecular formula is C17H28O. The van der Waals surface area contributed by atoms with E-state index in [2.05, 4.69) is 39.8 Å². The van der Waals surface area contributed by atoms with Gasteiger partial charge in [-0.15, -0.1) is 0 Å². The minimum absolute atomic E-state index is 0.288. The van der Waals surface area contributed by atoms with Gasteiger partial charge in [-0.3, -0.25) is 0 Å². The van der Waals surface area contributed by atoms with Crippen molar-refractivity contribution in [1.29, 1.82) is 0 Å². The van der Waals surface area contributed by atoms with Crippen LogP contribution in [0.5, 0.6) is 5.75 Å². The van der Waals surface area contributed by atoms with Crippen molar-refractivity contribution in [3.05, 3.63) is 28.8 Å². The fourth-order valence-electron chi connectivity index (χ4n) is 2.82. The van der Waals surface area contributed by atoms with E-state index in [0.717, 1.165) is 18.8 Å². The molecule has 1 aliphatic heterocycles. The molecule has 1 aliphatic rings. The predicted octanol–water partition coefficient (Wildman–Crippen LogP) is 5.03. The molecule has 1 heterocycles. The number of ether oxygens (including phenoxy) is 1. The van der Waals surface area contributed by atoms with Crippen LogP contribution in [-0.2, 0) is 11.8 Å². The Morgan fingerprint density at radius 3 is 2.50 bits per heavy atom. The van der Waals surface area contributed by atoms with E-state index < -0.39 is 0 Å². The summed E-state index contributed by atoms with van der Waals surface area (Å²) in [5.74, 6) is 1.11. The molecule has 0 aromatic heterocycles. The zero-order valence-corrected chi connectivity index (χ0v) is 12.9. The number of fused-ring (bicyclic) bond motifs is 1. The summed E-state index contributed by atoms with van der Waals surface area (Å²) in [4.78, 5) is 0. The lowest BCUT2D eigenvalue weighted by atomic mass is 9.78. The SMILES string of the molecule is CC.CCCC(C)(C)c1cc2c(cc1C)OCC2. The molecule has 0 radical (unpaired) electrons. The third-order valence-electron chi connectivity index (χ3n) is 3.64. The Morgan fingerprint density at radius 1 is 1.22 bits per heavy atom. The number of hydrogen-bond acceptors (Lipinski definition) is 1. The molecular weight excluding hydrogens is 220 g/mol. The largest absolute Gasteiger partial charge is 0.493 e. The fraction of sp³-hybridized carbons (Fsp3) is 0.647. The molecule has 0 bridgehead atoms. The first-order valence-corrected chi connectivity index (χ1v) is 7.31. The van der Waals surface area contributed by atoms with Gasteiger partial charge in [0, 0.05) is 6.42 Å². The van der Waals surface area contributed by atoms with Crippen LogP contribution in [0.3, 0.4) is 0 Å². The molecule has 0 amide bonds. The zero-order valence-electron chi connectivity index (χ0n) is 12.9. The Labute approximate surface area is 113 Å². The van der Waals surface area contributed by atoms with E-state index in [4.69, 9.17) is 4.74 Å². The fourth-order valence-corrected chi connectivity index (χ4v) is 2.82. The molecule has 1 heteroatoms. The van der Waals surface area contributed by atoms with Crippen molar-refractivity contribution in [2.24, 2.45) is 0 Å². The first-order chi connectivity index (χ1) is 8.54. The standard InChI is InChI=1S/C15H22O.C2H6/c1-5-7-15(3,4)13-10-12-6-8-16-14(12)9-11(13)2;1-2/h9-10H,5-8H2,1-4H3;1-2H3. The molecule has 0 spiro atoms. The van der Waals surface area contributed by atoms with Crippen molar-refractivity contribution in [2.45, 2.75) is 66.2 Å². The van der Waals surface area contributed by atoms with E-state index in [1.165, 1.54) is 29.5 Å². The highest BCUT2D eigenvalue weighted by Crippen LogP contribution is 2.36. The summed E-state index contributed by atoms with van der Waals surface area (Å²) < 4.78 is 5.61. The molecule has 0 atom stereocenters. The first kappa shape index (κ1) is 15.1. The Kier molecular flexibility index (Phi) is 5.25. The van der Waals surface area contributed by atoms with Gasteiger partial charge in [0.1, 0.15) is 5.75 Å². The summed E-state index contributed by atoms with van der Waals surface area (Å²) in [5, 5.41) is 0. The highest BCUT2D eigenvalue weighted by Gasteiger charge is 2.24. The van der Waals surface area contributed by atoms with Gasteiger partial charge in [-0.1, -0.05) is 47.1 Å². The van der Waals surface area contributed by atoms with Gasteiger partial charge in [-0.05, 0) is 41.5 Å². The lowest BCUT2D eigenvalue weighted by molar-refractivity contribution is 0.356. The van der Waals surface area contributed by atoms with Crippen molar-refractivity contribution in [2.75, 3.05) is 6.61 Å². The van der Waals surface area contributed by atoms with Gasteiger partial charge in [0.15, 0.2) is 0 Å². The number of aryl methyl sites for hydroxylation is 1. The molecule has 0 fully saturated rings. The quantitative estimate of drug-likeness (QED) is 0.728. The van der Waals surface area contributed by atoms with Crippen molar-refractivity contribution >= 4 is 0 Å². The van der Waals surface area contributed by atoms with Crippen LogP contribution in [-0.4, -0.2) is 6.61 Å². The first-order valence-electron chi connectivity index (χ1n) is 7.31. The van der Waals surface area contributed by atoms with E-state index in [1.54, 1.807) is 0 Å². The normalized spacial score (nSPS) is 13.4. The second-order valence-electron chi connectivity index (χ2n) is 5.51. The van der Waals surface area contributed by atoms with E-state index in [0.29, 0.717) is 0 Å². The summed E-state index contributed by atoms with van der Waals surface area (Å²) in [6, 6.07) is 4.59. The predicted molar refractivity (Wildman–Crippen MR) is 79.7 cm³/mol. The molecule has 0 aliphatic carbocycles. The van der Waals surface area contributed by atoms with Crippen LogP contribution < -0.4 is 4.74 Å². The summed E-state index contributed by atoms with van der Waals surface area (Å²) in [5.41, 5.74) is 4.55. The summed E-state index contributed by atoms with van der Waals surface area (Å²) in [6.07, 6.45) is 3.55. The smallest absolute Gasteiger partial charge is 0.122 e. The molecule has 0 saturated heterocycles. The van der Waals surface area contributed by atoms with Gasteiger partial charge in [0.05, 0.1) is 6.61 Å². The monoisotopic (exact) mass is 248 g/mol. The van der Waals surface area contributed by atoms with E-state index in [-0.39, 0.29) is 5.41 Å². The summed E-state index contributed by atoms with van der Waals surface area (Å²) in [7, 11) is 0. The maximum Gasteiger partial charge on any atom is 0.122 e.